The summed E-state index contributed by atoms with van der Waals surface area (Å²) >= 11 is 0. The van der Waals surface area contributed by atoms with E-state index in [0.29, 0.717) is 30.8 Å². The van der Waals surface area contributed by atoms with Crippen molar-refractivity contribution >= 4 is 42.3 Å². The number of piperidine rings is 1. The third-order valence-corrected chi connectivity index (χ3v) is 6.49. The van der Waals surface area contributed by atoms with E-state index in [1.807, 2.05) is 29.2 Å². The van der Waals surface area contributed by atoms with Crippen LogP contribution in [0.4, 0.5) is 5.69 Å². The van der Waals surface area contributed by atoms with E-state index in [4.69, 9.17) is 0 Å². The molecule has 3 aliphatic rings. The van der Waals surface area contributed by atoms with Crippen molar-refractivity contribution in [3.05, 3.63) is 29.8 Å². The van der Waals surface area contributed by atoms with E-state index in [1.165, 1.54) is 12.8 Å². The largest absolute Gasteiger partial charge is 0.340 e. The van der Waals surface area contributed by atoms with E-state index >= 15 is 0 Å². The van der Waals surface area contributed by atoms with E-state index in [9.17, 15) is 9.59 Å². The number of benzene rings is 1. The minimum atomic E-state index is 0. The first-order chi connectivity index (χ1) is 13.5. The number of anilines is 1. The van der Waals surface area contributed by atoms with Crippen molar-refractivity contribution < 1.29 is 9.59 Å². The van der Waals surface area contributed by atoms with Gasteiger partial charge in [0.2, 0.25) is 11.8 Å². The lowest BCUT2D eigenvalue weighted by atomic mass is 9.89. The molecule has 3 saturated heterocycles. The third kappa shape index (κ3) is 6.58. The summed E-state index contributed by atoms with van der Waals surface area (Å²) < 4.78 is 0. The Labute approximate surface area is 192 Å². The smallest absolute Gasteiger partial charge is 0.227 e. The second-order valence-corrected chi connectivity index (χ2v) is 8.79. The number of carbonyl (C=O) groups is 2. The third-order valence-electron chi connectivity index (χ3n) is 6.49. The Hall–Kier alpha value is -1.34. The maximum Gasteiger partial charge on any atom is 0.227 e. The normalized spacial score (nSPS) is 25.8. The molecule has 6 nitrogen and oxygen atoms in total. The highest BCUT2D eigenvalue weighted by Gasteiger charge is 2.34. The molecule has 0 aliphatic carbocycles. The maximum atomic E-state index is 12.4. The van der Waals surface area contributed by atoms with Crippen LogP contribution in [0.2, 0.25) is 0 Å². The van der Waals surface area contributed by atoms with Crippen molar-refractivity contribution in [2.75, 3.05) is 38.5 Å². The summed E-state index contributed by atoms with van der Waals surface area (Å²) in [5, 5.41) is 6.65. The monoisotopic (exact) mass is 456 g/mol. The van der Waals surface area contributed by atoms with Crippen LogP contribution in [0.15, 0.2) is 24.3 Å². The van der Waals surface area contributed by atoms with Crippen molar-refractivity contribution in [3.8, 4) is 0 Å². The number of fused-ring (bicyclic) bond motifs is 2. The fourth-order valence-corrected chi connectivity index (χ4v) is 4.86. The topological polar surface area (TPSA) is 64.7 Å². The molecule has 1 aromatic carbocycles. The van der Waals surface area contributed by atoms with Gasteiger partial charge in [0, 0.05) is 50.4 Å². The highest BCUT2D eigenvalue weighted by Crippen LogP contribution is 2.32. The zero-order valence-electron chi connectivity index (χ0n) is 17.6. The Kier molecular flexibility index (Phi) is 9.41. The van der Waals surface area contributed by atoms with Crippen LogP contribution in [0.3, 0.4) is 0 Å². The van der Waals surface area contributed by atoms with Crippen LogP contribution in [0.25, 0.3) is 0 Å². The van der Waals surface area contributed by atoms with Crippen molar-refractivity contribution in [2.45, 2.75) is 50.6 Å². The molecule has 4 rings (SSSR count). The van der Waals surface area contributed by atoms with E-state index in [0.717, 1.165) is 50.3 Å². The molecule has 2 atom stereocenters. The number of carbonyl (C=O) groups excluding carboxylic acids is 2. The lowest BCUT2D eigenvalue weighted by molar-refractivity contribution is -0.132. The number of nitrogens with one attached hydrogen (secondary N) is 2. The van der Waals surface area contributed by atoms with Gasteiger partial charge >= 0.3 is 0 Å². The van der Waals surface area contributed by atoms with Crippen molar-refractivity contribution in [1.82, 2.24) is 15.1 Å². The van der Waals surface area contributed by atoms with Gasteiger partial charge in [-0.05, 0) is 56.3 Å². The number of nitrogens with zero attached hydrogens (tertiary/aromatic N) is 2. The summed E-state index contributed by atoms with van der Waals surface area (Å²) in [6.45, 7) is 3.49. The molecule has 3 fully saturated rings. The van der Waals surface area contributed by atoms with Crippen molar-refractivity contribution in [2.24, 2.45) is 5.92 Å². The second kappa shape index (κ2) is 11.3. The first-order valence-corrected chi connectivity index (χ1v) is 10.7. The quantitative estimate of drug-likeness (QED) is 0.714. The van der Waals surface area contributed by atoms with E-state index in [2.05, 4.69) is 22.6 Å². The molecule has 1 aromatic rings. The van der Waals surface area contributed by atoms with E-state index in [1.54, 1.807) is 0 Å². The van der Waals surface area contributed by atoms with Gasteiger partial charge in [-0.1, -0.05) is 12.1 Å². The second-order valence-electron chi connectivity index (χ2n) is 8.79. The molecule has 3 heterocycles. The van der Waals surface area contributed by atoms with Crippen molar-refractivity contribution in [1.29, 1.82) is 0 Å². The molecule has 8 heteroatoms. The van der Waals surface area contributed by atoms with Gasteiger partial charge in [0.1, 0.15) is 0 Å². The number of hydrogen-bond donors (Lipinski definition) is 2. The van der Waals surface area contributed by atoms with Crippen LogP contribution in [0.5, 0.6) is 0 Å². The van der Waals surface area contributed by atoms with Gasteiger partial charge in [-0.15, -0.1) is 24.8 Å². The Morgan fingerprint density at radius 2 is 1.60 bits per heavy atom. The first kappa shape index (κ1) is 24.9. The predicted octanol–water partition coefficient (Wildman–Crippen LogP) is 2.71. The summed E-state index contributed by atoms with van der Waals surface area (Å²) in [6.07, 6.45) is 5.80. The molecule has 0 saturated carbocycles. The van der Waals surface area contributed by atoms with Gasteiger partial charge in [0.25, 0.3) is 0 Å². The Morgan fingerprint density at radius 3 is 2.20 bits per heavy atom. The van der Waals surface area contributed by atoms with Crippen LogP contribution in [-0.2, 0) is 16.0 Å². The average Bonchev–Trinajstić information content (AvgIpc) is 3.02. The van der Waals surface area contributed by atoms with Gasteiger partial charge in [-0.25, -0.2) is 0 Å². The van der Waals surface area contributed by atoms with Crippen molar-refractivity contribution in [3.63, 3.8) is 0 Å². The lowest BCUT2D eigenvalue weighted by Gasteiger charge is -2.32. The van der Waals surface area contributed by atoms with Gasteiger partial charge in [-0.2, -0.15) is 0 Å². The zero-order valence-corrected chi connectivity index (χ0v) is 19.3. The minimum absolute atomic E-state index is 0. The number of hydrogen-bond acceptors (Lipinski definition) is 4. The fourth-order valence-electron chi connectivity index (χ4n) is 4.86. The number of amides is 2. The number of rotatable bonds is 5. The molecule has 2 N–H and O–H groups in total. The molecule has 0 spiro atoms. The number of halogens is 2. The molecule has 3 aliphatic heterocycles. The average molecular weight is 457 g/mol. The molecule has 0 radical (unpaired) electrons. The van der Waals surface area contributed by atoms with E-state index in [-0.39, 0.29) is 36.6 Å². The molecular formula is C22H34Cl2N4O2. The van der Waals surface area contributed by atoms with Crippen LogP contribution in [-0.4, -0.2) is 66.9 Å². The van der Waals surface area contributed by atoms with E-state index < -0.39 is 0 Å². The van der Waals surface area contributed by atoms with Crippen LogP contribution in [0.1, 0.15) is 37.7 Å². The number of likely N-dealkylation sites (N-methyl/N-ethyl adjacent to an activating group) is 1. The SMILES string of the molecule is CN1CCN(C(=O)Cc2ccc(NC(=O)CC3CC4CCC(C3)N4)cc2)CC1.Cl.Cl. The lowest BCUT2D eigenvalue weighted by Crippen LogP contribution is -2.47. The minimum Gasteiger partial charge on any atom is -0.340 e. The Bertz CT molecular complexity index is 696. The molecule has 168 valence electrons. The van der Waals surface area contributed by atoms with Crippen LogP contribution >= 0.6 is 24.8 Å². The summed E-state index contributed by atoms with van der Waals surface area (Å²) in [4.78, 5) is 29.1. The maximum absolute atomic E-state index is 12.4. The van der Waals surface area contributed by atoms with Crippen LogP contribution in [0, 0.1) is 5.92 Å². The van der Waals surface area contributed by atoms with Crippen LogP contribution < -0.4 is 10.6 Å². The summed E-state index contributed by atoms with van der Waals surface area (Å²) in [5.41, 5.74) is 1.81. The summed E-state index contributed by atoms with van der Waals surface area (Å²) in [5.74, 6) is 0.789. The summed E-state index contributed by atoms with van der Waals surface area (Å²) in [6, 6.07) is 8.97. The first-order valence-electron chi connectivity index (χ1n) is 10.7. The summed E-state index contributed by atoms with van der Waals surface area (Å²) in [7, 11) is 2.09. The Balaban J connectivity index is 0.00000160. The fraction of sp³-hybridized carbons (Fsp3) is 0.636. The predicted molar refractivity (Wildman–Crippen MR) is 125 cm³/mol. The molecule has 2 bridgehead atoms. The molecule has 2 amide bonds. The van der Waals surface area contributed by atoms with Gasteiger partial charge in [-0.3, -0.25) is 9.59 Å². The Morgan fingerprint density at radius 1 is 1.00 bits per heavy atom. The van der Waals surface area contributed by atoms with Gasteiger partial charge < -0.3 is 20.4 Å². The van der Waals surface area contributed by atoms with Gasteiger partial charge in [0.15, 0.2) is 0 Å². The highest BCUT2D eigenvalue weighted by atomic mass is 35.5. The number of piperazine rings is 1. The zero-order chi connectivity index (χ0) is 19.5. The molecule has 0 aromatic heterocycles. The molecular weight excluding hydrogens is 423 g/mol. The highest BCUT2D eigenvalue weighted by molar-refractivity contribution is 5.91. The molecule has 2 unspecified atom stereocenters. The molecule has 30 heavy (non-hydrogen) atoms. The van der Waals surface area contributed by atoms with Gasteiger partial charge in [0.05, 0.1) is 6.42 Å². The standard InChI is InChI=1S/C22H32N4O2.2ClH/c1-25-8-10-26(11-9-25)22(28)15-16-2-4-18(5-3-16)24-21(27)14-17-12-19-6-7-20(13-17)23-19;;/h2-5,17,19-20,23H,6-15H2,1H3,(H,24,27);2*1H.